The highest BCUT2D eigenvalue weighted by molar-refractivity contribution is 5.84. The minimum atomic E-state index is -0.166. The van der Waals surface area contributed by atoms with Crippen molar-refractivity contribution in [2.45, 2.75) is 64.5 Å². The molecule has 0 radical (unpaired) electrons. The van der Waals surface area contributed by atoms with E-state index in [4.69, 9.17) is 4.74 Å². The van der Waals surface area contributed by atoms with E-state index in [1.807, 2.05) is 13.8 Å². The van der Waals surface area contributed by atoms with Gasteiger partial charge >= 0.3 is 5.97 Å². The van der Waals surface area contributed by atoms with Crippen LogP contribution >= 0.6 is 0 Å². The molecule has 0 aromatic carbocycles. The van der Waals surface area contributed by atoms with Crippen LogP contribution in [0.2, 0.25) is 0 Å². The van der Waals surface area contributed by atoms with Crippen molar-refractivity contribution in [2.75, 3.05) is 13.2 Å². The number of Topliss-reactive ketones (excluding diaryl/α,β-unsaturated/α-hetero) is 1. The quantitative estimate of drug-likeness (QED) is 0.716. The molecule has 0 aromatic heterocycles. The van der Waals surface area contributed by atoms with E-state index < -0.39 is 0 Å². The number of carbonyl (C=O) groups is 2. The molecule has 2 fully saturated rings. The molecule has 1 saturated heterocycles. The summed E-state index contributed by atoms with van der Waals surface area (Å²) in [6.45, 7) is 5.21. The molecule has 0 amide bonds. The Morgan fingerprint density at radius 2 is 2.16 bits per heavy atom. The second kappa shape index (κ2) is 6.51. The van der Waals surface area contributed by atoms with Gasteiger partial charge in [0.1, 0.15) is 11.8 Å². The number of esters is 1. The molecule has 2 rings (SSSR count). The third-order valence-corrected chi connectivity index (χ3v) is 4.50. The average Bonchev–Trinajstić information content (AvgIpc) is 2.99. The van der Waals surface area contributed by atoms with Gasteiger partial charge in [0.2, 0.25) is 0 Å². The number of likely N-dealkylation sites (tertiary alicyclic amines) is 1. The second-order valence-electron chi connectivity index (χ2n) is 5.59. The van der Waals surface area contributed by atoms with Crippen molar-refractivity contribution < 1.29 is 14.3 Å². The molecule has 1 aliphatic carbocycles. The van der Waals surface area contributed by atoms with Gasteiger partial charge in [0, 0.05) is 18.4 Å². The van der Waals surface area contributed by atoms with Crippen LogP contribution in [0.4, 0.5) is 0 Å². The molecule has 0 N–H and O–H groups in total. The monoisotopic (exact) mass is 267 g/mol. The molecule has 0 aromatic rings. The molecule has 0 spiro atoms. The zero-order chi connectivity index (χ0) is 13.8. The summed E-state index contributed by atoms with van der Waals surface area (Å²) in [7, 11) is 0. The van der Waals surface area contributed by atoms with Crippen LogP contribution < -0.4 is 0 Å². The average molecular weight is 267 g/mol. The third kappa shape index (κ3) is 2.99. The van der Waals surface area contributed by atoms with Gasteiger partial charge < -0.3 is 4.74 Å². The van der Waals surface area contributed by atoms with Crippen LogP contribution in [-0.2, 0) is 14.3 Å². The van der Waals surface area contributed by atoms with E-state index in [-0.39, 0.29) is 24.0 Å². The van der Waals surface area contributed by atoms with E-state index in [1.54, 1.807) is 0 Å². The lowest BCUT2D eigenvalue weighted by Gasteiger charge is -2.33. The van der Waals surface area contributed by atoms with Gasteiger partial charge in [-0.2, -0.15) is 0 Å². The molecule has 19 heavy (non-hydrogen) atoms. The number of hydrogen-bond donors (Lipinski definition) is 0. The highest BCUT2D eigenvalue weighted by atomic mass is 16.5. The summed E-state index contributed by atoms with van der Waals surface area (Å²) < 4.78 is 5.18. The maximum Gasteiger partial charge on any atom is 0.323 e. The first-order chi connectivity index (χ1) is 9.19. The number of hydrogen-bond acceptors (Lipinski definition) is 4. The van der Waals surface area contributed by atoms with E-state index in [9.17, 15) is 9.59 Å². The van der Waals surface area contributed by atoms with E-state index in [0.29, 0.717) is 12.4 Å². The first-order valence-electron chi connectivity index (χ1n) is 7.64. The van der Waals surface area contributed by atoms with Crippen molar-refractivity contribution in [2.24, 2.45) is 5.92 Å². The maximum atomic E-state index is 12.1. The normalized spacial score (nSPS) is 29.7. The Balaban J connectivity index is 2.08. The molecule has 2 aliphatic rings. The summed E-state index contributed by atoms with van der Waals surface area (Å²) in [6.07, 6.45) is 5.64. The molecule has 1 aliphatic heterocycles. The Bertz CT molecular complexity index is 342. The van der Waals surface area contributed by atoms with Gasteiger partial charge in [-0.15, -0.1) is 0 Å². The standard InChI is InChI=1S/C15H25NO3/c1-3-12(15(18)19-4-2)16-10-6-8-13(16)11-7-5-9-14(11)17/h11-13H,3-10H2,1-2H3. The van der Waals surface area contributed by atoms with E-state index in [0.717, 1.165) is 45.1 Å². The summed E-state index contributed by atoms with van der Waals surface area (Å²) in [5.74, 6) is 0.434. The van der Waals surface area contributed by atoms with Crippen LogP contribution in [0.25, 0.3) is 0 Å². The summed E-state index contributed by atoms with van der Waals surface area (Å²) in [4.78, 5) is 26.3. The van der Waals surface area contributed by atoms with Crippen molar-refractivity contribution in [3.63, 3.8) is 0 Å². The summed E-state index contributed by atoms with van der Waals surface area (Å²) >= 11 is 0. The molecule has 3 atom stereocenters. The third-order valence-electron chi connectivity index (χ3n) is 4.50. The smallest absolute Gasteiger partial charge is 0.323 e. The van der Waals surface area contributed by atoms with Crippen LogP contribution in [0.1, 0.15) is 52.4 Å². The first kappa shape index (κ1) is 14.5. The summed E-state index contributed by atoms with van der Waals surface area (Å²) in [5.41, 5.74) is 0. The molecule has 1 saturated carbocycles. The Morgan fingerprint density at radius 3 is 2.74 bits per heavy atom. The van der Waals surface area contributed by atoms with Crippen LogP contribution in [0.5, 0.6) is 0 Å². The lowest BCUT2D eigenvalue weighted by Crippen LogP contribution is -2.48. The molecule has 108 valence electrons. The molecular formula is C15H25NO3. The number of carbonyl (C=O) groups excluding carboxylic acids is 2. The Hall–Kier alpha value is -0.900. The molecule has 1 heterocycles. The summed E-state index contributed by atoms with van der Waals surface area (Å²) in [6, 6.07) is 0.102. The van der Waals surface area contributed by atoms with Crippen molar-refractivity contribution >= 4 is 11.8 Å². The molecule has 4 heteroatoms. The molecular weight excluding hydrogens is 242 g/mol. The fourth-order valence-corrected chi connectivity index (χ4v) is 3.66. The first-order valence-corrected chi connectivity index (χ1v) is 7.64. The summed E-state index contributed by atoms with van der Waals surface area (Å²) in [5, 5.41) is 0. The van der Waals surface area contributed by atoms with E-state index >= 15 is 0 Å². The minimum Gasteiger partial charge on any atom is -0.465 e. The lowest BCUT2D eigenvalue weighted by molar-refractivity contribution is -0.151. The van der Waals surface area contributed by atoms with Crippen LogP contribution in [0, 0.1) is 5.92 Å². The highest BCUT2D eigenvalue weighted by Gasteiger charge is 2.42. The number of ketones is 1. The van der Waals surface area contributed by atoms with Crippen molar-refractivity contribution in [3.05, 3.63) is 0 Å². The van der Waals surface area contributed by atoms with Crippen LogP contribution in [-0.4, -0.2) is 41.9 Å². The van der Waals surface area contributed by atoms with Crippen molar-refractivity contribution in [1.29, 1.82) is 0 Å². The van der Waals surface area contributed by atoms with Crippen LogP contribution in [0.3, 0.4) is 0 Å². The van der Waals surface area contributed by atoms with Gasteiger partial charge in [-0.3, -0.25) is 14.5 Å². The Kier molecular flexibility index (Phi) is 4.97. The lowest BCUT2D eigenvalue weighted by atomic mass is 9.94. The highest BCUT2D eigenvalue weighted by Crippen LogP contribution is 2.35. The number of ether oxygens (including phenoxy) is 1. The SMILES string of the molecule is CCOC(=O)C(CC)N1CCCC1C1CCCC1=O. The predicted molar refractivity (Wildman–Crippen MR) is 72.8 cm³/mol. The van der Waals surface area contributed by atoms with Gasteiger partial charge in [-0.05, 0) is 45.6 Å². The van der Waals surface area contributed by atoms with Gasteiger partial charge in [-0.1, -0.05) is 6.92 Å². The Morgan fingerprint density at radius 1 is 1.37 bits per heavy atom. The minimum absolute atomic E-state index is 0.123. The largest absolute Gasteiger partial charge is 0.465 e. The van der Waals surface area contributed by atoms with E-state index in [1.165, 1.54) is 0 Å². The second-order valence-corrected chi connectivity index (χ2v) is 5.59. The zero-order valence-corrected chi connectivity index (χ0v) is 12.1. The van der Waals surface area contributed by atoms with Crippen molar-refractivity contribution in [3.8, 4) is 0 Å². The number of nitrogens with zero attached hydrogens (tertiary/aromatic N) is 1. The van der Waals surface area contributed by atoms with Gasteiger partial charge in [0.25, 0.3) is 0 Å². The van der Waals surface area contributed by atoms with E-state index in [2.05, 4.69) is 4.90 Å². The molecule has 3 unspecified atom stereocenters. The maximum absolute atomic E-state index is 12.1. The molecule has 0 bridgehead atoms. The zero-order valence-electron chi connectivity index (χ0n) is 12.1. The topological polar surface area (TPSA) is 46.6 Å². The Labute approximate surface area is 115 Å². The fraction of sp³-hybridized carbons (Fsp3) is 0.867. The van der Waals surface area contributed by atoms with Gasteiger partial charge in [0.05, 0.1) is 6.61 Å². The van der Waals surface area contributed by atoms with Gasteiger partial charge in [0.15, 0.2) is 0 Å². The van der Waals surface area contributed by atoms with Gasteiger partial charge in [-0.25, -0.2) is 0 Å². The van der Waals surface area contributed by atoms with Crippen molar-refractivity contribution in [1.82, 2.24) is 4.90 Å². The molecule has 4 nitrogen and oxygen atoms in total. The fourth-order valence-electron chi connectivity index (χ4n) is 3.66. The van der Waals surface area contributed by atoms with Crippen LogP contribution in [0.15, 0.2) is 0 Å². The number of rotatable bonds is 5. The predicted octanol–water partition coefficient (Wildman–Crippen LogP) is 2.16.